The maximum Gasteiger partial charge on any atom is 0.0445 e. The molecule has 0 amide bonds. The van der Waals surface area contributed by atoms with Crippen molar-refractivity contribution in [2.75, 3.05) is 13.2 Å². The van der Waals surface area contributed by atoms with Gasteiger partial charge in [0, 0.05) is 19.2 Å². The van der Waals surface area contributed by atoms with Gasteiger partial charge in [0.2, 0.25) is 0 Å². The lowest BCUT2D eigenvalue weighted by atomic mass is 9.97. The molecule has 1 heterocycles. The minimum absolute atomic E-state index is 0.313. The summed E-state index contributed by atoms with van der Waals surface area (Å²) in [6, 6.07) is 7.28. The van der Waals surface area contributed by atoms with Gasteiger partial charge in [0.05, 0.1) is 0 Å². The highest BCUT2D eigenvalue weighted by atomic mass is 16.3. The molecule has 2 nitrogen and oxygen atoms in total. The fourth-order valence-corrected chi connectivity index (χ4v) is 2.93. The van der Waals surface area contributed by atoms with E-state index < -0.39 is 0 Å². The predicted octanol–water partition coefficient (Wildman–Crippen LogP) is 3.04. The van der Waals surface area contributed by atoms with E-state index >= 15 is 0 Å². The van der Waals surface area contributed by atoms with Crippen molar-refractivity contribution in [3.05, 3.63) is 34.9 Å². The van der Waals surface area contributed by atoms with Crippen molar-refractivity contribution < 1.29 is 5.11 Å². The SMILES string of the molecule is Cc1ccc(C)c(CN2CCCCC2CCO)c1. The van der Waals surface area contributed by atoms with Gasteiger partial charge in [-0.25, -0.2) is 0 Å². The first-order valence-electron chi connectivity index (χ1n) is 7.11. The molecule has 1 aliphatic rings. The Morgan fingerprint density at radius 1 is 1.28 bits per heavy atom. The molecule has 0 aromatic heterocycles. The zero-order chi connectivity index (χ0) is 13.0. The van der Waals surface area contributed by atoms with Crippen LogP contribution in [0.4, 0.5) is 0 Å². The van der Waals surface area contributed by atoms with Crippen LogP contribution in [0.1, 0.15) is 42.4 Å². The number of piperidine rings is 1. The molecule has 18 heavy (non-hydrogen) atoms. The van der Waals surface area contributed by atoms with Crippen LogP contribution in [-0.4, -0.2) is 29.2 Å². The van der Waals surface area contributed by atoms with Gasteiger partial charge in [0.1, 0.15) is 0 Å². The topological polar surface area (TPSA) is 23.5 Å². The monoisotopic (exact) mass is 247 g/mol. The van der Waals surface area contributed by atoms with Crippen molar-refractivity contribution in [2.45, 2.75) is 52.1 Å². The first-order chi connectivity index (χ1) is 8.70. The van der Waals surface area contributed by atoms with Gasteiger partial charge in [-0.1, -0.05) is 30.2 Å². The molecule has 100 valence electrons. The molecule has 0 saturated carbocycles. The predicted molar refractivity (Wildman–Crippen MR) is 75.7 cm³/mol. The smallest absolute Gasteiger partial charge is 0.0445 e. The molecule has 2 rings (SSSR count). The van der Waals surface area contributed by atoms with E-state index in [1.807, 2.05) is 0 Å². The molecule has 1 aromatic carbocycles. The van der Waals surface area contributed by atoms with Gasteiger partial charge in [0.15, 0.2) is 0 Å². The number of nitrogens with zero attached hydrogens (tertiary/aromatic N) is 1. The molecule has 1 aromatic rings. The summed E-state index contributed by atoms with van der Waals surface area (Å²) in [5.74, 6) is 0. The zero-order valence-electron chi connectivity index (χ0n) is 11.7. The quantitative estimate of drug-likeness (QED) is 0.884. The lowest BCUT2D eigenvalue weighted by Crippen LogP contribution is -2.39. The number of aryl methyl sites for hydroxylation is 2. The highest BCUT2D eigenvalue weighted by Crippen LogP contribution is 2.23. The van der Waals surface area contributed by atoms with Crippen molar-refractivity contribution in [1.29, 1.82) is 0 Å². The van der Waals surface area contributed by atoms with E-state index in [2.05, 4.69) is 36.9 Å². The van der Waals surface area contributed by atoms with E-state index in [1.165, 1.54) is 42.5 Å². The second-order valence-electron chi connectivity index (χ2n) is 5.56. The highest BCUT2D eigenvalue weighted by Gasteiger charge is 2.22. The maximum atomic E-state index is 9.17. The molecule has 0 radical (unpaired) electrons. The number of hydrogen-bond donors (Lipinski definition) is 1. The minimum atomic E-state index is 0.313. The van der Waals surface area contributed by atoms with Gasteiger partial charge in [-0.05, 0) is 50.8 Å². The number of benzene rings is 1. The van der Waals surface area contributed by atoms with E-state index in [-0.39, 0.29) is 0 Å². The normalized spacial score (nSPS) is 21.2. The Hall–Kier alpha value is -0.860. The van der Waals surface area contributed by atoms with Crippen LogP contribution < -0.4 is 0 Å². The number of aliphatic hydroxyl groups is 1. The summed E-state index contributed by atoms with van der Waals surface area (Å²) in [4.78, 5) is 2.56. The van der Waals surface area contributed by atoms with E-state index in [4.69, 9.17) is 0 Å². The van der Waals surface area contributed by atoms with Gasteiger partial charge >= 0.3 is 0 Å². The van der Waals surface area contributed by atoms with E-state index in [0.717, 1.165) is 13.0 Å². The van der Waals surface area contributed by atoms with Crippen molar-refractivity contribution in [3.8, 4) is 0 Å². The van der Waals surface area contributed by atoms with Crippen LogP contribution in [0, 0.1) is 13.8 Å². The average Bonchev–Trinajstić information content (AvgIpc) is 2.36. The summed E-state index contributed by atoms with van der Waals surface area (Å²) >= 11 is 0. The summed E-state index contributed by atoms with van der Waals surface area (Å²) in [7, 11) is 0. The van der Waals surface area contributed by atoms with Crippen LogP contribution in [0.2, 0.25) is 0 Å². The first-order valence-corrected chi connectivity index (χ1v) is 7.11. The Morgan fingerprint density at radius 3 is 2.89 bits per heavy atom. The van der Waals surface area contributed by atoms with Gasteiger partial charge in [-0.15, -0.1) is 0 Å². The lowest BCUT2D eigenvalue weighted by Gasteiger charge is -2.36. The largest absolute Gasteiger partial charge is 0.396 e. The summed E-state index contributed by atoms with van der Waals surface area (Å²) in [5.41, 5.74) is 4.17. The molecular weight excluding hydrogens is 222 g/mol. The third-order valence-corrected chi connectivity index (χ3v) is 4.09. The molecule has 0 bridgehead atoms. The zero-order valence-corrected chi connectivity index (χ0v) is 11.7. The van der Waals surface area contributed by atoms with Crippen LogP contribution >= 0.6 is 0 Å². The van der Waals surface area contributed by atoms with Crippen molar-refractivity contribution in [1.82, 2.24) is 4.90 Å². The Balaban J connectivity index is 2.08. The number of hydrogen-bond acceptors (Lipinski definition) is 2. The van der Waals surface area contributed by atoms with Crippen LogP contribution in [0.25, 0.3) is 0 Å². The first kappa shape index (κ1) is 13.6. The molecule has 1 aliphatic heterocycles. The molecule has 1 atom stereocenters. The van der Waals surface area contributed by atoms with Crippen LogP contribution in [0.15, 0.2) is 18.2 Å². The Bertz CT molecular complexity index is 387. The summed E-state index contributed by atoms with van der Waals surface area (Å²) in [6.07, 6.45) is 4.77. The van der Waals surface area contributed by atoms with Gasteiger partial charge in [-0.3, -0.25) is 4.90 Å². The van der Waals surface area contributed by atoms with E-state index in [0.29, 0.717) is 12.6 Å². The third-order valence-electron chi connectivity index (χ3n) is 4.09. The molecule has 2 heteroatoms. The van der Waals surface area contributed by atoms with Crippen molar-refractivity contribution >= 4 is 0 Å². The molecular formula is C16H25NO. The highest BCUT2D eigenvalue weighted by molar-refractivity contribution is 5.30. The molecule has 1 N–H and O–H groups in total. The average molecular weight is 247 g/mol. The molecule has 0 aliphatic carbocycles. The summed E-state index contributed by atoms with van der Waals surface area (Å²) in [5, 5.41) is 9.17. The standard InChI is InChI=1S/C16H25NO/c1-13-6-7-14(2)15(11-13)12-17-9-4-3-5-16(17)8-10-18/h6-7,11,16,18H,3-5,8-10,12H2,1-2H3. The third kappa shape index (κ3) is 3.33. The fourth-order valence-electron chi connectivity index (χ4n) is 2.93. The minimum Gasteiger partial charge on any atom is -0.396 e. The molecule has 0 spiro atoms. The molecule has 1 saturated heterocycles. The lowest BCUT2D eigenvalue weighted by molar-refractivity contribution is 0.112. The molecule has 1 unspecified atom stereocenters. The summed E-state index contributed by atoms with van der Waals surface area (Å²) < 4.78 is 0. The van der Waals surface area contributed by atoms with Gasteiger partial charge in [-0.2, -0.15) is 0 Å². The van der Waals surface area contributed by atoms with Gasteiger partial charge in [0.25, 0.3) is 0 Å². The van der Waals surface area contributed by atoms with E-state index in [9.17, 15) is 5.11 Å². The molecule has 1 fully saturated rings. The van der Waals surface area contributed by atoms with Gasteiger partial charge < -0.3 is 5.11 Å². The number of likely N-dealkylation sites (tertiary alicyclic amines) is 1. The van der Waals surface area contributed by atoms with Crippen LogP contribution in [-0.2, 0) is 6.54 Å². The van der Waals surface area contributed by atoms with Crippen molar-refractivity contribution in [3.63, 3.8) is 0 Å². The maximum absolute atomic E-state index is 9.17. The Kier molecular flexibility index (Phi) is 4.79. The summed E-state index contributed by atoms with van der Waals surface area (Å²) in [6.45, 7) is 6.88. The van der Waals surface area contributed by atoms with E-state index in [1.54, 1.807) is 0 Å². The van der Waals surface area contributed by atoms with Crippen LogP contribution in [0.3, 0.4) is 0 Å². The van der Waals surface area contributed by atoms with Crippen molar-refractivity contribution in [2.24, 2.45) is 0 Å². The number of rotatable bonds is 4. The Morgan fingerprint density at radius 2 is 2.11 bits per heavy atom. The second kappa shape index (κ2) is 6.35. The fraction of sp³-hybridized carbons (Fsp3) is 0.625. The second-order valence-corrected chi connectivity index (χ2v) is 5.56. The number of aliphatic hydroxyl groups excluding tert-OH is 1. The Labute approximate surface area is 111 Å². The van der Waals surface area contributed by atoms with Crippen LogP contribution in [0.5, 0.6) is 0 Å².